The van der Waals surface area contributed by atoms with Gasteiger partial charge in [0.1, 0.15) is 11.5 Å². The standard InChI is InChI=1S/C22H26N2O7S2/c1-3-29-22(26)20-15-7-5-6-8-18(15)32-21(20)23-19(25)12-24(33(27,28)4-2)14-9-10-16-17(11-14)31-13-30-16/h9-11H,3-8,12-13H2,1-2H3,(H,23,25). The minimum Gasteiger partial charge on any atom is -0.462 e. The summed E-state index contributed by atoms with van der Waals surface area (Å²) < 4.78 is 42.5. The lowest BCUT2D eigenvalue weighted by Crippen LogP contribution is -2.39. The van der Waals surface area contributed by atoms with Crippen LogP contribution >= 0.6 is 11.3 Å². The number of rotatable bonds is 8. The summed E-state index contributed by atoms with van der Waals surface area (Å²) in [5, 5.41) is 3.18. The lowest BCUT2D eigenvalue weighted by Gasteiger charge is -2.23. The van der Waals surface area contributed by atoms with Gasteiger partial charge in [-0.2, -0.15) is 0 Å². The number of benzene rings is 1. The molecule has 4 rings (SSSR count). The zero-order valence-electron chi connectivity index (χ0n) is 18.5. The van der Waals surface area contributed by atoms with E-state index in [0.29, 0.717) is 27.8 Å². The maximum Gasteiger partial charge on any atom is 0.341 e. The summed E-state index contributed by atoms with van der Waals surface area (Å²) in [4.78, 5) is 26.7. The molecule has 0 bridgehead atoms. The van der Waals surface area contributed by atoms with Crippen LogP contribution in [0.2, 0.25) is 0 Å². The molecule has 0 atom stereocenters. The van der Waals surface area contributed by atoms with Gasteiger partial charge in [0.15, 0.2) is 11.5 Å². The summed E-state index contributed by atoms with van der Waals surface area (Å²) in [5.74, 6) is -0.273. The van der Waals surface area contributed by atoms with Crippen molar-refractivity contribution in [3.05, 3.63) is 34.2 Å². The Bertz CT molecular complexity index is 1170. The number of hydrogen-bond donors (Lipinski definition) is 1. The minimum absolute atomic E-state index is 0.0550. The average molecular weight is 495 g/mol. The Kier molecular flexibility index (Phi) is 6.80. The van der Waals surface area contributed by atoms with Crippen molar-refractivity contribution in [2.75, 3.05) is 35.3 Å². The molecule has 1 N–H and O–H groups in total. The Balaban J connectivity index is 1.61. The molecule has 2 aliphatic rings. The van der Waals surface area contributed by atoms with Gasteiger partial charge in [0.25, 0.3) is 0 Å². The average Bonchev–Trinajstić information content (AvgIpc) is 3.41. The fourth-order valence-corrected chi connectivity index (χ4v) is 6.27. The summed E-state index contributed by atoms with van der Waals surface area (Å²) in [6.45, 7) is 3.08. The number of esters is 1. The molecule has 2 heterocycles. The Hall–Kier alpha value is -2.79. The van der Waals surface area contributed by atoms with Gasteiger partial charge in [-0.05, 0) is 57.2 Å². The zero-order chi connectivity index (χ0) is 23.6. The number of aryl methyl sites for hydroxylation is 1. The minimum atomic E-state index is -3.77. The maximum atomic E-state index is 13.0. The number of sulfonamides is 1. The Labute approximate surface area is 196 Å². The number of hydrogen-bond acceptors (Lipinski definition) is 8. The van der Waals surface area contributed by atoms with Crippen molar-refractivity contribution in [3.8, 4) is 11.5 Å². The number of anilines is 2. The second-order valence-electron chi connectivity index (χ2n) is 7.63. The first-order chi connectivity index (χ1) is 15.8. The SMILES string of the molecule is CCOC(=O)c1c(NC(=O)CN(c2ccc3c(c2)OCO3)S(=O)(=O)CC)sc2c1CCCC2. The first-order valence-electron chi connectivity index (χ1n) is 10.9. The highest BCUT2D eigenvalue weighted by atomic mass is 32.2. The normalized spacial score (nSPS) is 14.5. The van der Waals surface area contributed by atoms with Crippen molar-refractivity contribution in [1.29, 1.82) is 0 Å². The van der Waals surface area contributed by atoms with Gasteiger partial charge < -0.3 is 19.5 Å². The second kappa shape index (κ2) is 9.60. The third-order valence-corrected chi connectivity index (χ3v) is 8.48. The van der Waals surface area contributed by atoms with Crippen LogP contribution in [-0.2, 0) is 32.4 Å². The number of carbonyl (C=O) groups is 2. The van der Waals surface area contributed by atoms with Crippen LogP contribution in [0.4, 0.5) is 10.7 Å². The van der Waals surface area contributed by atoms with Gasteiger partial charge in [-0.1, -0.05) is 0 Å². The highest BCUT2D eigenvalue weighted by molar-refractivity contribution is 7.92. The third-order valence-electron chi connectivity index (χ3n) is 5.54. The van der Waals surface area contributed by atoms with E-state index in [2.05, 4.69) is 5.32 Å². The molecule has 0 saturated carbocycles. The largest absolute Gasteiger partial charge is 0.462 e. The lowest BCUT2D eigenvalue weighted by atomic mass is 9.95. The maximum absolute atomic E-state index is 13.0. The molecule has 0 unspecified atom stereocenters. The van der Waals surface area contributed by atoms with Crippen molar-refractivity contribution in [2.45, 2.75) is 39.5 Å². The molecule has 0 saturated heterocycles. The molecular formula is C22H26N2O7S2. The molecule has 2 aromatic rings. The fourth-order valence-electron chi connectivity index (χ4n) is 3.92. The first-order valence-corrected chi connectivity index (χ1v) is 13.3. The highest BCUT2D eigenvalue weighted by Crippen LogP contribution is 2.39. The number of ether oxygens (including phenoxy) is 3. The van der Waals surface area contributed by atoms with E-state index in [4.69, 9.17) is 14.2 Å². The van der Waals surface area contributed by atoms with E-state index in [-0.39, 0.29) is 19.2 Å². The molecular weight excluding hydrogens is 468 g/mol. The lowest BCUT2D eigenvalue weighted by molar-refractivity contribution is -0.114. The monoisotopic (exact) mass is 494 g/mol. The number of amides is 1. The molecule has 33 heavy (non-hydrogen) atoms. The van der Waals surface area contributed by atoms with Crippen LogP contribution in [0.25, 0.3) is 0 Å². The molecule has 1 aromatic carbocycles. The molecule has 1 aliphatic heterocycles. The number of nitrogens with zero attached hydrogens (tertiary/aromatic N) is 1. The van der Waals surface area contributed by atoms with Crippen LogP contribution in [0.1, 0.15) is 47.5 Å². The van der Waals surface area contributed by atoms with E-state index >= 15 is 0 Å². The summed E-state index contributed by atoms with van der Waals surface area (Å²) in [6, 6.07) is 4.72. The van der Waals surface area contributed by atoms with Crippen molar-refractivity contribution in [3.63, 3.8) is 0 Å². The van der Waals surface area contributed by atoms with Gasteiger partial charge in [-0.25, -0.2) is 13.2 Å². The van der Waals surface area contributed by atoms with Crippen molar-refractivity contribution < 1.29 is 32.2 Å². The quantitative estimate of drug-likeness (QED) is 0.560. The Morgan fingerprint density at radius 3 is 2.67 bits per heavy atom. The summed E-state index contributed by atoms with van der Waals surface area (Å²) in [5.41, 5.74) is 1.61. The van der Waals surface area contributed by atoms with E-state index < -0.39 is 28.4 Å². The van der Waals surface area contributed by atoms with E-state index in [1.54, 1.807) is 19.1 Å². The molecule has 0 spiro atoms. The van der Waals surface area contributed by atoms with Crippen LogP contribution in [-0.4, -0.2) is 46.0 Å². The molecule has 0 fully saturated rings. The number of nitrogens with one attached hydrogen (secondary N) is 1. The van der Waals surface area contributed by atoms with Gasteiger partial charge in [0, 0.05) is 10.9 Å². The molecule has 1 aliphatic carbocycles. The van der Waals surface area contributed by atoms with Gasteiger partial charge in [0.05, 0.1) is 23.6 Å². The Morgan fingerprint density at radius 1 is 1.15 bits per heavy atom. The predicted molar refractivity (Wildman–Crippen MR) is 125 cm³/mol. The molecule has 1 aromatic heterocycles. The third kappa shape index (κ3) is 4.79. The zero-order valence-corrected chi connectivity index (χ0v) is 20.1. The van der Waals surface area contributed by atoms with Crippen LogP contribution in [0.3, 0.4) is 0 Å². The van der Waals surface area contributed by atoms with Crippen molar-refractivity contribution in [1.82, 2.24) is 0 Å². The van der Waals surface area contributed by atoms with Crippen LogP contribution < -0.4 is 19.1 Å². The Morgan fingerprint density at radius 2 is 1.91 bits per heavy atom. The molecule has 11 heteroatoms. The fraction of sp³-hybridized carbons (Fsp3) is 0.455. The number of carbonyl (C=O) groups excluding carboxylic acids is 2. The topological polar surface area (TPSA) is 111 Å². The van der Waals surface area contributed by atoms with Gasteiger partial charge in [-0.15, -0.1) is 11.3 Å². The van der Waals surface area contributed by atoms with Crippen LogP contribution in [0, 0.1) is 0 Å². The van der Waals surface area contributed by atoms with Gasteiger partial charge >= 0.3 is 5.97 Å². The summed E-state index contributed by atoms with van der Waals surface area (Å²) in [7, 11) is -3.77. The van der Waals surface area contributed by atoms with E-state index in [9.17, 15) is 18.0 Å². The molecule has 1 amide bonds. The highest BCUT2D eigenvalue weighted by Gasteiger charge is 2.30. The molecule has 0 radical (unpaired) electrons. The second-order valence-corrected chi connectivity index (χ2v) is 10.9. The van der Waals surface area contributed by atoms with Crippen LogP contribution in [0.5, 0.6) is 11.5 Å². The van der Waals surface area contributed by atoms with Crippen molar-refractivity contribution in [2.24, 2.45) is 0 Å². The summed E-state index contributed by atoms with van der Waals surface area (Å²) in [6.07, 6.45) is 3.59. The van der Waals surface area contributed by atoms with Crippen LogP contribution in [0.15, 0.2) is 18.2 Å². The predicted octanol–water partition coefficient (Wildman–Crippen LogP) is 3.33. The molecule has 9 nitrogen and oxygen atoms in total. The summed E-state index contributed by atoms with van der Waals surface area (Å²) >= 11 is 1.36. The van der Waals surface area contributed by atoms with E-state index in [0.717, 1.165) is 40.4 Å². The van der Waals surface area contributed by atoms with E-state index in [1.807, 2.05) is 0 Å². The number of fused-ring (bicyclic) bond motifs is 2. The van der Waals surface area contributed by atoms with E-state index in [1.165, 1.54) is 24.3 Å². The van der Waals surface area contributed by atoms with Gasteiger partial charge in [-0.3, -0.25) is 9.10 Å². The molecule has 178 valence electrons. The first kappa shape index (κ1) is 23.4. The number of thiophene rings is 1. The van der Waals surface area contributed by atoms with Crippen molar-refractivity contribution >= 4 is 43.9 Å². The van der Waals surface area contributed by atoms with Gasteiger partial charge in [0.2, 0.25) is 22.7 Å². The smallest absolute Gasteiger partial charge is 0.341 e.